The highest BCUT2D eigenvalue weighted by atomic mass is 16.5. The Bertz CT molecular complexity index is 964. The summed E-state index contributed by atoms with van der Waals surface area (Å²) in [5, 5.41) is 10.4. The molecule has 3 aromatic carbocycles. The first kappa shape index (κ1) is 15.2. The molecule has 0 amide bonds. The molecular weight excluding hydrogens is 312 g/mol. The van der Waals surface area contributed by atoms with Gasteiger partial charge in [-0.25, -0.2) is 0 Å². The minimum Gasteiger partial charge on any atom is -0.504 e. The predicted molar refractivity (Wildman–Crippen MR) is 97.9 cm³/mol. The van der Waals surface area contributed by atoms with Crippen LogP contribution in [0.25, 0.3) is 11.6 Å². The number of methoxy groups -OCH3 is 1. The van der Waals surface area contributed by atoms with E-state index < -0.39 is 0 Å². The Labute approximate surface area is 145 Å². The van der Waals surface area contributed by atoms with E-state index in [0.717, 1.165) is 16.7 Å². The summed E-state index contributed by atoms with van der Waals surface area (Å²) in [6.45, 7) is 0. The molecule has 4 rings (SSSR count). The maximum Gasteiger partial charge on any atom is 0.194 e. The van der Waals surface area contributed by atoms with Crippen molar-refractivity contribution in [2.24, 2.45) is 0 Å². The number of carbonyl (C=O) groups excluding carboxylic acids is 1. The first-order valence-electron chi connectivity index (χ1n) is 8.02. The van der Waals surface area contributed by atoms with Crippen LogP contribution in [0.4, 0.5) is 0 Å². The van der Waals surface area contributed by atoms with Gasteiger partial charge in [0.2, 0.25) is 0 Å². The average Bonchev–Trinajstić information content (AvgIpc) is 2.66. The Hall–Kier alpha value is -3.33. The average molecular weight is 328 g/mol. The number of para-hydroxylation sites is 1. The zero-order valence-corrected chi connectivity index (χ0v) is 13.7. The van der Waals surface area contributed by atoms with E-state index in [1.807, 2.05) is 66.7 Å². The monoisotopic (exact) mass is 328 g/mol. The van der Waals surface area contributed by atoms with Crippen LogP contribution in [0.5, 0.6) is 11.5 Å². The summed E-state index contributed by atoms with van der Waals surface area (Å²) in [4.78, 5) is 12.8. The van der Waals surface area contributed by atoms with Crippen molar-refractivity contribution >= 4 is 17.4 Å². The van der Waals surface area contributed by atoms with E-state index in [1.54, 1.807) is 6.07 Å². The van der Waals surface area contributed by atoms with E-state index in [9.17, 15) is 9.90 Å². The van der Waals surface area contributed by atoms with E-state index in [4.69, 9.17) is 4.74 Å². The SMILES string of the molecule is COc1cccc(C=C2c3ccccc3C(=O)c3ccccc32)c1O. The lowest BCUT2D eigenvalue weighted by molar-refractivity contribution is 0.103. The second-order valence-corrected chi connectivity index (χ2v) is 5.88. The number of phenolic OH excluding ortho intramolecular Hbond substituents is 1. The first-order valence-corrected chi connectivity index (χ1v) is 8.02. The topological polar surface area (TPSA) is 46.5 Å². The largest absolute Gasteiger partial charge is 0.504 e. The maximum absolute atomic E-state index is 12.8. The van der Waals surface area contributed by atoms with Gasteiger partial charge in [0.1, 0.15) is 0 Å². The van der Waals surface area contributed by atoms with Crippen molar-refractivity contribution in [2.75, 3.05) is 7.11 Å². The van der Waals surface area contributed by atoms with E-state index in [-0.39, 0.29) is 11.5 Å². The molecule has 0 spiro atoms. The van der Waals surface area contributed by atoms with Gasteiger partial charge in [-0.05, 0) is 28.8 Å². The van der Waals surface area contributed by atoms with Gasteiger partial charge in [-0.3, -0.25) is 4.79 Å². The lowest BCUT2D eigenvalue weighted by Crippen LogP contribution is -2.14. The maximum atomic E-state index is 12.8. The molecule has 0 bridgehead atoms. The zero-order valence-electron chi connectivity index (χ0n) is 13.7. The molecule has 0 fully saturated rings. The van der Waals surface area contributed by atoms with Crippen molar-refractivity contribution in [3.05, 3.63) is 94.5 Å². The molecule has 3 nitrogen and oxygen atoms in total. The molecule has 3 aromatic rings. The van der Waals surface area contributed by atoms with Crippen molar-refractivity contribution in [2.45, 2.75) is 0 Å². The molecule has 1 aliphatic carbocycles. The van der Waals surface area contributed by atoms with Crippen LogP contribution in [0.2, 0.25) is 0 Å². The molecule has 1 N–H and O–H groups in total. The van der Waals surface area contributed by atoms with Gasteiger partial charge in [0.15, 0.2) is 17.3 Å². The highest BCUT2D eigenvalue weighted by Crippen LogP contribution is 2.39. The number of fused-ring (bicyclic) bond motifs is 2. The normalized spacial score (nSPS) is 12.4. The molecule has 122 valence electrons. The van der Waals surface area contributed by atoms with Crippen LogP contribution in [0.3, 0.4) is 0 Å². The van der Waals surface area contributed by atoms with Gasteiger partial charge in [-0.15, -0.1) is 0 Å². The van der Waals surface area contributed by atoms with E-state index in [1.165, 1.54) is 7.11 Å². The van der Waals surface area contributed by atoms with Gasteiger partial charge in [0.05, 0.1) is 7.11 Å². The van der Waals surface area contributed by atoms with E-state index in [0.29, 0.717) is 22.4 Å². The van der Waals surface area contributed by atoms with Gasteiger partial charge >= 0.3 is 0 Å². The summed E-state index contributed by atoms with van der Waals surface area (Å²) >= 11 is 0. The number of phenols is 1. The number of ketones is 1. The van der Waals surface area contributed by atoms with Crippen molar-refractivity contribution in [1.29, 1.82) is 0 Å². The third-order valence-electron chi connectivity index (χ3n) is 4.47. The number of hydrogen-bond acceptors (Lipinski definition) is 3. The Kier molecular flexibility index (Phi) is 3.62. The molecule has 1 aliphatic rings. The summed E-state index contributed by atoms with van der Waals surface area (Å²) < 4.78 is 5.20. The van der Waals surface area contributed by atoms with Gasteiger partial charge in [-0.1, -0.05) is 60.7 Å². The summed E-state index contributed by atoms with van der Waals surface area (Å²) in [5.74, 6) is 0.533. The van der Waals surface area contributed by atoms with Crippen LogP contribution in [-0.2, 0) is 0 Å². The minimum atomic E-state index is 0.0261. The van der Waals surface area contributed by atoms with Crippen LogP contribution < -0.4 is 4.74 Å². The third kappa shape index (κ3) is 2.41. The Balaban J connectivity index is 2.00. The standard InChI is InChI=1S/C22H16O3/c1-25-20-12-6-7-14(21(20)23)13-19-15-8-2-4-10-17(15)22(24)18-11-5-3-9-16(18)19/h2-13,23H,1H3. The van der Waals surface area contributed by atoms with Gasteiger partial charge in [-0.2, -0.15) is 0 Å². The minimum absolute atomic E-state index is 0.0261. The summed E-state index contributed by atoms with van der Waals surface area (Å²) in [7, 11) is 1.52. The molecule has 0 aliphatic heterocycles. The fourth-order valence-electron chi connectivity index (χ4n) is 3.25. The summed E-state index contributed by atoms with van der Waals surface area (Å²) in [5.41, 5.74) is 4.65. The van der Waals surface area contributed by atoms with Crippen molar-refractivity contribution in [1.82, 2.24) is 0 Å². The van der Waals surface area contributed by atoms with Gasteiger partial charge < -0.3 is 9.84 Å². The lowest BCUT2D eigenvalue weighted by atomic mass is 9.80. The molecule has 0 saturated carbocycles. The predicted octanol–water partition coefficient (Wildman–Crippen LogP) is 4.53. The lowest BCUT2D eigenvalue weighted by Gasteiger charge is -2.21. The first-order chi connectivity index (χ1) is 12.2. The Morgan fingerprint density at radius 1 is 0.800 bits per heavy atom. The molecule has 0 unspecified atom stereocenters. The summed E-state index contributed by atoms with van der Waals surface area (Å²) in [6, 6.07) is 20.5. The molecule has 25 heavy (non-hydrogen) atoms. The quantitative estimate of drug-likeness (QED) is 0.588. The van der Waals surface area contributed by atoms with Crippen LogP contribution >= 0.6 is 0 Å². The number of hydrogen-bond donors (Lipinski definition) is 1. The number of ether oxygens (including phenoxy) is 1. The molecule has 0 heterocycles. The van der Waals surface area contributed by atoms with Crippen molar-refractivity contribution in [3.8, 4) is 11.5 Å². The van der Waals surface area contributed by atoms with Gasteiger partial charge in [0, 0.05) is 16.7 Å². The Morgan fingerprint density at radius 3 is 1.92 bits per heavy atom. The molecular formula is C22H16O3. The van der Waals surface area contributed by atoms with Crippen LogP contribution in [-0.4, -0.2) is 18.0 Å². The molecule has 0 radical (unpaired) electrons. The fourth-order valence-corrected chi connectivity index (χ4v) is 3.25. The van der Waals surface area contributed by atoms with E-state index in [2.05, 4.69) is 0 Å². The van der Waals surface area contributed by atoms with Gasteiger partial charge in [0.25, 0.3) is 0 Å². The zero-order chi connectivity index (χ0) is 17.4. The Morgan fingerprint density at radius 2 is 1.36 bits per heavy atom. The second kappa shape index (κ2) is 5.95. The van der Waals surface area contributed by atoms with E-state index >= 15 is 0 Å². The van der Waals surface area contributed by atoms with Crippen LogP contribution in [0, 0.1) is 0 Å². The number of benzene rings is 3. The third-order valence-corrected chi connectivity index (χ3v) is 4.47. The van der Waals surface area contributed by atoms with Crippen LogP contribution in [0.1, 0.15) is 32.6 Å². The van der Waals surface area contributed by atoms with Crippen molar-refractivity contribution in [3.63, 3.8) is 0 Å². The fraction of sp³-hybridized carbons (Fsp3) is 0.0455. The number of carbonyl (C=O) groups is 1. The molecule has 0 atom stereocenters. The smallest absolute Gasteiger partial charge is 0.194 e. The number of rotatable bonds is 2. The second-order valence-electron chi connectivity index (χ2n) is 5.88. The molecule has 3 heteroatoms. The summed E-state index contributed by atoms with van der Waals surface area (Å²) in [6.07, 6.45) is 1.90. The molecule has 0 aromatic heterocycles. The highest BCUT2D eigenvalue weighted by molar-refractivity contribution is 6.20. The van der Waals surface area contributed by atoms with Crippen molar-refractivity contribution < 1.29 is 14.6 Å². The number of aromatic hydroxyl groups is 1. The van der Waals surface area contributed by atoms with Crippen LogP contribution in [0.15, 0.2) is 66.7 Å². The highest BCUT2D eigenvalue weighted by Gasteiger charge is 2.26. The molecule has 0 saturated heterocycles.